The zero-order valence-corrected chi connectivity index (χ0v) is 20.8. The lowest BCUT2D eigenvalue weighted by Gasteiger charge is -2.18. The summed E-state index contributed by atoms with van der Waals surface area (Å²) in [5, 5.41) is 2.92. The molecular formula is C24H21Cl2N3O5S. The van der Waals surface area contributed by atoms with Gasteiger partial charge in [0.25, 0.3) is 17.1 Å². The van der Waals surface area contributed by atoms with Gasteiger partial charge in [0.05, 0.1) is 15.6 Å². The van der Waals surface area contributed by atoms with E-state index < -0.39 is 17.1 Å². The molecule has 0 unspecified atom stereocenters. The minimum Gasteiger partial charge on any atom is -0.483 e. The van der Waals surface area contributed by atoms with E-state index in [-0.39, 0.29) is 24.0 Å². The number of hydrogen-bond donors (Lipinski definition) is 1. The summed E-state index contributed by atoms with van der Waals surface area (Å²) >= 11 is 12.9. The van der Waals surface area contributed by atoms with Gasteiger partial charge in [-0.25, -0.2) is 0 Å². The van der Waals surface area contributed by atoms with Crippen molar-refractivity contribution in [3.8, 4) is 5.75 Å². The third-order valence-electron chi connectivity index (χ3n) is 5.39. The van der Waals surface area contributed by atoms with Crippen molar-refractivity contribution in [2.75, 3.05) is 31.6 Å². The molecule has 0 radical (unpaired) electrons. The molecule has 2 saturated heterocycles. The molecular weight excluding hydrogens is 513 g/mol. The summed E-state index contributed by atoms with van der Waals surface area (Å²) in [5.74, 6) is -0.944. The van der Waals surface area contributed by atoms with Gasteiger partial charge in [-0.3, -0.25) is 24.1 Å². The molecule has 182 valence electrons. The molecule has 2 aliphatic rings. The van der Waals surface area contributed by atoms with Crippen molar-refractivity contribution < 1.29 is 23.9 Å². The van der Waals surface area contributed by atoms with E-state index in [1.54, 1.807) is 47.4 Å². The summed E-state index contributed by atoms with van der Waals surface area (Å²) in [7, 11) is 0. The van der Waals surface area contributed by atoms with Crippen molar-refractivity contribution in [1.29, 1.82) is 0 Å². The maximum Gasteiger partial charge on any atom is 0.294 e. The molecule has 0 saturated carbocycles. The van der Waals surface area contributed by atoms with E-state index in [2.05, 4.69) is 5.32 Å². The van der Waals surface area contributed by atoms with Crippen LogP contribution in [0.1, 0.15) is 18.4 Å². The molecule has 2 aliphatic heterocycles. The van der Waals surface area contributed by atoms with Gasteiger partial charge in [-0.05, 0) is 61.0 Å². The average molecular weight is 534 g/mol. The number of benzene rings is 2. The first-order valence-corrected chi connectivity index (χ1v) is 12.4. The Bertz CT molecular complexity index is 1210. The molecule has 1 N–H and O–H groups in total. The fourth-order valence-corrected chi connectivity index (χ4v) is 4.83. The number of halogens is 2. The van der Waals surface area contributed by atoms with Crippen molar-refractivity contribution in [1.82, 2.24) is 9.80 Å². The summed E-state index contributed by atoms with van der Waals surface area (Å²) in [6.45, 7) is 0.666. The van der Waals surface area contributed by atoms with Crippen LogP contribution in [0.2, 0.25) is 10.0 Å². The third kappa shape index (κ3) is 6.17. The van der Waals surface area contributed by atoms with Gasteiger partial charge in [0, 0.05) is 23.7 Å². The van der Waals surface area contributed by atoms with E-state index in [1.165, 1.54) is 6.08 Å². The topological polar surface area (TPSA) is 96.0 Å². The van der Waals surface area contributed by atoms with Gasteiger partial charge >= 0.3 is 0 Å². The van der Waals surface area contributed by atoms with Crippen LogP contribution in [0.25, 0.3) is 6.08 Å². The third-order valence-corrected chi connectivity index (χ3v) is 6.86. The van der Waals surface area contributed by atoms with Crippen LogP contribution in [0.5, 0.6) is 5.75 Å². The molecule has 4 rings (SSSR count). The second-order valence-electron chi connectivity index (χ2n) is 7.85. The molecule has 8 nitrogen and oxygen atoms in total. The first kappa shape index (κ1) is 25.1. The van der Waals surface area contributed by atoms with Crippen molar-refractivity contribution in [3.05, 3.63) is 63.0 Å². The minimum atomic E-state index is -0.560. The monoisotopic (exact) mass is 533 g/mol. The standard InChI is InChI=1S/C24H21Cl2N3O5S/c25-16-7-8-19(34-14-21(30)27-18-6-2-1-5-17(18)26)15(11-16)12-20-23(32)29(24(33)35-20)13-22(31)28-9-3-4-10-28/h1-2,5-8,11-12H,3-4,9-10,13-14H2,(H,27,30)/b20-12-. The van der Waals surface area contributed by atoms with Crippen LogP contribution in [0, 0.1) is 0 Å². The highest BCUT2D eigenvalue weighted by atomic mass is 35.5. The Morgan fingerprint density at radius 3 is 2.57 bits per heavy atom. The molecule has 2 heterocycles. The fourth-order valence-electron chi connectivity index (χ4n) is 3.64. The maximum atomic E-state index is 12.9. The molecule has 0 atom stereocenters. The number of anilines is 1. The van der Waals surface area contributed by atoms with Gasteiger partial charge in [0.2, 0.25) is 5.91 Å². The summed E-state index contributed by atoms with van der Waals surface area (Å²) in [5.41, 5.74) is 0.871. The van der Waals surface area contributed by atoms with Crippen LogP contribution in [0.3, 0.4) is 0 Å². The minimum absolute atomic E-state index is 0.136. The van der Waals surface area contributed by atoms with Crippen LogP contribution in [0.4, 0.5) is 10.5 Å². The second kappa shape index (κ2) is 11.2. The van der Waals surface area contributed by atoms with Crippen LogP contribution in [0.15, 0.2) is 47.4 Å². The smallest absolute Gasteiger partial charge is 0.294 e. The Labute approximate surface area is 216 Å². The number of hydrogen-bond acceptors (Lipinski definition) is 6. The van der Waals surface area contributed by atoms with Gasteiger partial charge in [-0.2, -0.15) is 0 Å². The number of amides is 4. The normalized spacial score (nSPS) is 16.8. The molecule has 35 heavy (non-hydrogen) atoms. The van der Waals surface area contributed by atoms with Crippen molar-refractivity contribution in [3.63, 3.8) is 0 Å². The van der Waals surface area contributed by atoms with E-state index in [4.69, 9.17) is 27.9 Å². The Kier molecular flexibility index (Phi) is 8.00. The first-order chi connectivity index (χ1) is 16.8. The highest BCUT2D eigenvalue weighted by molar-refractivity contribution is 8.18. The number of likely N-dealkylation sites (tertiary alicyclic amines) is 1. The van der Waals surface area contributed by atoms with E-state index in [0.717, 1.165) is 29.5 Å². The molecule has 0 aromatic heterocycles. The zero-order valence-electron chi connectivity index (χ0n) is 18.5. The van der Waals surface area contributed by atoms with Crippen LogP contribution >= 0.6 is 35.0 Å². The van der Waals surface area contributed by atoms with E-state index in [9.17, 15) is 19.2 Å². The Morgan fingerprint density at radius 1 is 1.09 bits per heavy atom. The number of carbonyl (C=O) groups excluding carboxylic acids is 4. The molecule has 2 aromatic rings. The molecule has 4 amide bonds. The number of nitrogens with zero attached hydrogens (tertiary/aromatic N) is 2. The Hall–Kier alpha value is -3.01. The summed E-state index contributed by atoms with van der Waals surface area (Å²) < 4.78 is 5.66. The van der Waals surface area contributed by atoms with E-state index in [1.807, 2.05) is 0 Å². The summed E-state index contributed by atoms with van der Waals surface area (Å²) in [4.78, 5) is 52.8. The predicted octanol–water partition coefficient (Wildman–Crippen LogP) is 4.67. The lowest BCUT2D eigenvalue weighted by atomic mass is 10.2. The SMILES string of the molecule is O=C(COc1ccc(Cl)cc1/C=C1\SC(=O)N(CC(=O)N2CCCC2)C1=O)Nc1ccccc1Cl. The maximum absolute atomic E-state index is 12.9. The van der Waals surface area contributed by atoms with Gasteiger partial charge in [0.15, 0.2) is 6.61 Å². The summed E-state index contributed by atoms with van der Waals surface area (Å²) in [6, 6.07) is 11.5. The molecule has 2 fully saturated rings. The quantitative estimate of drug-likeness (QED) is 0.519. The Balaban J connectivity index is 1.45. The molecule has 0 spiro atoms. The second-order valence-corrected chi connectivity index (χ2v) is 9.69. The van der Waals surface area contributed by atoms with Gasteiger partial charge in [-0.15, -0.1) is 0 Å². The number of rotatable bonds is 7. The van der Waals surface area contributed by atoms with Gasteiger partial charge in [0.1, 0.15) is 12.3 Å². The highest BCUT2D eigenvalue weighted by Gasteiger charge is 2.37. The fraction of sp³-hybridized carbons (Fsp3) is 0.250. The Morgan fingerprint density at radius 2 is 1.83 bits per heavy atom. The van der Waals surface area contributed by atoms with E-state index >= 15 is 0 Å². The summed E-state index contributed by atoms with van der Waals surface area (Å²) in [6.07, 6.45) is 3.31. The lowest BCUT2D eigenvalue weighted by Crippen LogP contribution is -2.40. The predicted molar refractivity (Wildman–Crippen MR) is 136 cm³/mol. The number of para-hydroxylation sites is 1. The van der Waals surface area contributed by atoms with Crippen LogP contribution in [-0.2, 0) is 14.4 Å². The van der Waals surface area contributed by atoms with Gasteiger partial charge < -0.3 is 15.0 Å². The van der Waals surface area contributed by atoms with Crippen molar-refractivity contribution in [2.45, 2.75) is 12.8 Å². The lowest BCUT2D eigenvalue weighted by molar-refractivity contribution is -0.135. The largest absolute Gasteiger partial charge is 0.483 e. The van der Waals surface area contributed by atoms with Crippen molar-refractivity contribution in [2.24, 2.45) is 0 Å². The molecule has 0 bridgehead atoms. The van der Waals surface area contributed by atoms with E-state index in [0.29, 0.717) is 40.1 Å². The molecule has 11 heteroatoms. The number of carbonyl (C=O) groups is 4. The van der Waals surface area contributed by atoms with Crippen LogP contribution in [-0.4, -0.2) is 59.0 Å². The molecule has 2 aromatic carbocycles. The number of thioether (sulfide) groups is 1. The number of imide groups is 1. The van der Waals surface area contributed by atoms with Crippen molar-refractivity contribution >= 4 is 69.7 Å². The average Bonchev–Trinajstić information content (AvgIpc) is 3.45. The number of nitrogens with one attached hydrogen (secondary N) is 1. The molecule has 0 aliphatic carbocycles. The zero-order chi connectivity index (χ0) is 24.9. The van der Waals surface area contributed by atoms with Crippen LogP contribution < -0.4 is 10.1 Å². The number of ether oxygens (including phenoxy) is 1. The first-order valence-electron chi connectivity index (χ1n) is 10.8. The van der Waals surface area contributed by atoms with Gasteiger partial charge in [-0.1, -0.05) is 35.3 Å². The highest BCUT2D eigenvalue weighted by Crippen LogP contribution is 2.35.